The number of hydrogen-bond acceptors (Lipinski definition) is 5. The molecule has 1 heterocycles. The molecule has 0 saturated carbocycles. The largest absolute Gasteiger partial charge is 0.486 e. The van der Waals surface area contributed by atoms with Crippen molar-refractivity contribution in [3.8, 4) is 5.75 Å². The van der Waals surface area contributed by atoms with E-state index in [-0.39, 0.29) is 5.91 Å². The van der Waals surface area contributed by atoms with Crippen LogP contribution in [0.15, 0.2) is 18.2 Å². The van der Waals surface area contributed by atoms with E-state index in [0.29, 0.717) is 17.9 Å². The maximum atomic E-state index is 11.7. The number of benzene rings is 1. The summed E-state index contributed by atoms with van der Waals surface area (Å²) in [7, 11) is 0. The normalized spacial score (nSPS) is 10.5. The molecule has 1 aromatic heterocycles. The van der Waals surface area contributed by atoms with Gasteiger partial charge < -0.3 is 4.74 Å². The number of hydrazine groups is 1. The third-order valence-corrected chi connectivity index (χ3v) is 4.23. The van der Waals surface area contributed by atoms with E-state index in [1.165, 1.54) is 11.3 Å². The van der Waals surface area contributed by atoms with Crippen LogP contribution in [0.3, 0.4) is 0 Å². The van der Waals surface area contributed by atoms with Crippen molar-refractivity contribution in [1.82, 2.24) is 10.4 Å². The highest BCUT2D eigenvalue weighted by Gasteiger charge is 2.16. The van der Waals surface area contributed by atoms with Crippen molar-refractivity contribution in [1.29, 1.82) is 0 Å². The predicted molar refractivity (Wildman–Crippen MR) is 83.4 cm³/mol. The van der Waals surface area contributed by atoms with Crippen molar-refractivity contribution in [2.75, 3.05) is 0 Å². The van der Waals surface area contributed by atoms with Gasteiger partial charge in [0.2, 0.25) is 0 Å². The molecule has 0 bridgehead atoms. The number of nitrogens with zero attached hydrogens (tertiary/aromatic N) is 1. The van der Waals surface area contributed by atoms with Crippen molar-refractivity contribution >= 4 is 17.2 Å². The molecule has 1 amide bonds. The van der Waals surface area contributed by atoms with Gasteiger partial charge in [-0.25, -0.2) is 10.8 Å². The fourth-order valence-electron chi connectivity index (χ4n) is 2.11. The minimum Gasteiger partial charge on any atom is -0.486 e. The third-order valence-electron chi connectivity index (χ3n) is 3.16. The molecule has 2 rings (SSSR count). The highest BCUT2D eigenvalue weighted by atomic mass is 32.1. The monoisotopic (exact) mass is 305 g/mol. The third kappa shape index (κ3) is 3.40. The summed E-state index contributed by atoms with van der Waals surface area (Å²) in [6, 6.07) is 6.02. The Morgan fingerprint density at radius 1 is 1.38 bits per heavy atom. The van der Waals surface area contributed by atoms with Gasteiger partial charge in [-0.15, -0.1) is 11.3 Å². The van der Waals surface area contributed by atoms with Crippen LogP contribution < -0.4 is 16.0 Å². The van der Waals surface area contributed by atoms with E-state index in [4.69, 9.17) is 10.6 Å². The summed E-state index contributed by atoms with van der Waals surface area (Å²) < 4.78 is 5.86. The van der Waals surface area contributed by atoms with E-state index in [1.807, 2.05) is 39.0 Å². The summed E-state index contributed by atoms with van der Waals surface area (Å²) >= 11 is 1.32. The van der Waals surface area contributed by atoms with E-state index in [2.05, 4.69) is 10.4 Å². The molecule has 0 spiro atoms. The van der Waals surface area contributed by atoms with Gasteiger partial charge in [-0.1, -0.05) is 25.1 Å². The van der Waals surface area contributed by atoms with E-state index >= 15 is 0 Å². The quantitative estimate of drug-likeness (QED) is 0.505. The van der Waals surface area contributed by atoms with Crippen LogP contribution in [0.5, 0.6) is 5.75 Å². The van der Waals surface area contributed by atoms with Crippen molar-refractivity contribution in [2.45, 2.75) is 33.8 Å². The molecule has 0 unspecified atom stereocenters. The van der Waals surface area contributed by atoms with Gasteiger partial charge in [0.25, 0.3) is 5.91 Å². The van der Waals surface area contributed by atoms with Gasteiger partial charge in [-0.2, -0.15) is 0 Å². The molecule has 0 aliphatic carbocycles. The van der Waals surface area contributed by atoms with Crippen molar-refractivity contribution < 1.29 is 9.53 Å². The van der Waals surface area contributed by atoms with Crippen LogP contribution in [-0.2, 0) is 13.0 Å². The van der Waals surface area contributed by atoms with Gasteiger partial charge in [-0.3, -0.25) is 10.2 Å². The number of nitrogens with one attached hydrogen (secondary N) is 1. The number of carbonyl (C=O) groups is 1. The lowest BCUT2D eigenvalue weighted by Crippen LogP contribution is -2.30. The number of nitrogen functional groups attached to an aromatic ring is 1. The molecule has 0 radical (unpaired) electrons. The topological polar surface area (TPSA) is 77.2 Å². The first-order valence-corrected chi connectivity index (χ1v) is 7.57. The Morgan fingerprint density at radius 2 is 2.05 bits per heavy atom. The molecule has 0 saturated heterocycles. The number of hydrogen-bond donors (Lipinski definition) is 2. The molecular weight excluding hydrogens is 286 g/mol. The Labute approximate surface area is 128 Å². The fraction of sp³-hybridized carbons (Fsp3) is 0.333. The minimum absolute atomic E-state index is 0.303. The highest BCUT2D eigenvalue weighted by molar-refractivity contribution is 7.13. The average Bonchev–Trinajstić information content (AvgIpc) is 2.89. The van der Waals surface area contributed by atoms with Crippen LogP contribution in [-0.4, -0.2) is 10.9 Å². The Hall–Kier alpha value is -1.92. The van der Waals surface area contributed by atoms with Gasteiger partial charge in [-0.05, 0) is 31.4 Å². The van der Waals surface area contributed by atoms with Crippen LogP contribution in [0.1, 0.15) is 38.4 Å². The van der Waals surface area contributed by atoms with Gasteiger partial charge in [0.15, 0.2) is 0 Å². The van der Waals surface area contributed by atoms with Crippen LogP contribution >= 0.6 is 11.3 Å². The zero-order valence-electron chi connectivity index (χ0n) is 12.4. The minimum atomic E-state index is -0.303. The standard InChI is InChI=1S/C15H19N3O2S/c1-4-11-14(15(19)18-16)21-12(17-11)8-20-13-9(2)6-5-7-10(13)3/h5-7H,4,8,16H2,1-3H3,(H,18,19). The number of thiazole rings is 1. The number of carbonyl (C=O) groups excluding carboxylic acids is 1. The first-order chi connectivity index (χ1) is 10.1. The molecule has 21 heavy (non-hydrogen) atoms. The number of nitrogens with two attached hydrogens (primary N) is 1. The number of rotatable bonds is 5. The average molecular weight is 305 g/mol. The molecule has 2 aromatic rings. The molecule has 1 aromatic carbocycles. The van der Waals surface area contributed by atoms with Crippen molar-refractivity contribution in [3.63, 3.8) is 0 Å². The highest BCUT2D eigenvalue weighted by Crippen LogP contribution is 2.25. The Balaban J connectivity index is 2.17. The van der Waals surface area contributed by atoms with Crippen LogP contribution in [0, 0.1) is 13.8 Å². The first kappa shape index (κ1) is 15.5. The number of amides is 1. The lowest BCUT2D eigenvalue weighted by molar-refractivity contribution is 0.0956. The molecular formula is C15H19N3O2S. The summed E-state index contributed by atoms with van der Waals surface area (Å²) in [5.74, 6) is 5.76. The lowest BCUT2D eigenvalue weighted by Gasteiger charge is -2.10. The molecule has 5 nitrogen and oxygen atoms in total. The summed E-state index contributed by atoms with van der Waals surface area (Å²) in [6.45, 7) is 6.32. The van der Waals surface area contributed by atoms with Gasteiger partial charge in [0.1, 0.15) is 22.2 Å². The number of para-hydroxylation sites is 1. The van der Waals surface area contributed by atoms with E-state index in [1.54, 1.807) is 0 Å². The van der Waals surface area contributed by atoms with E-state index < -0.39 is 0 Å². The summed E-state index contributed by atoms with van der Waals surface area (Å²) in [5, 5.41) is 0.771. The maximum absolute atomic E-state index is 11.7. The van der Waals surface area contributed by atoms with Crippen LogP contribution in [0.2, 0.25) is 0 Å². The fourth-order valence-corrected chi connectivity index (χ4v) is 3.07. The number of aryl methyl sites for hydroxylation is 3. The van der Waals surface area contributed by atoms with Gasteiger partial charge >= 0.3 is 0 Å². The van der Waals surface area contributed by atoms with Crippen LogP contribution in [0.4, 0.5) is 0 Å². The second kappa shape index (κ2) is 6.69. The summed E-state index contributed by atoms with van der Waals surface area (Å²) in [6.07, 6.45) is 0.683. The summed E-state index contributed by atoms with van der Waals surface area (Å²) in [4.78, 5) is 16.7. The lowest BCUT2D eigenvalue weighted by atomic mass is 10.1. The van der Waals surface area contributed by atoms with Crippen LogP contribution in [0.25, 0.3) is 0 Å². The van der Waals surface area contributed by atoms with Gasteiger partial charge in [0.05, 0.1) is 5.69 Å². The summed E-state index contributed by atoms with van der Waals surface area (Å²) in [5.41, 5.74) is 5.08. The molecule has 0 atom stereocenters. The Bertz CT molecular complexity index is 632. The smallest absolute Gasteiger partial charge is 0.277 e. The zero-order valence-corrected chi connectivity index (χ0v) is 13.2. The predicted octanol–water partition coefficient (Wildman–Crippen LogP) is 2.50. The maximum Gasteiger partial charge on any atom is 0.277 e. The Morgan fingerprint density at radius 3 is 2.62 bits per heavy atom. The molecule has 0 aliphatic heterocycles. The second-order valence-electron chi connectivity index (χ2n) is 4.72. The SMILES string of the molecule is CCc1nc(COc2c(C)cccc2C)sc1C(=O)NN. The van der Waals surface area contributed by atoms with Crippen molar-refractivity contribution in [2.24, 2.45) is 5.84 Å². The molecule has 0 fully saturated rings. The first-order valence-electron chi connectivity index (χ1n) is 6.75. The molecule has 6 heteroatoms. The van der Waals surface area contributed by atoms with Gasteiger partial charge in [0, 0.05) is 0 Å². The second-order valence-corrected chi connectivity index (χ2v) is 5.80. The van der Waals surface area contributed by atoms with E-state index in [0.717, 1.165) is 27.6 Å². The number of ether oxygens (including phenoxy) is 1. The number of aromatic nitrogens is 1. The molecule has 0 aliphatic rings. The van der Waals surface area contributed by atoms with E-state index in [9.17, 15) is 4.79 Å². The molecule has 3 N–H and O–H groups in total. The Kier molecular flexibility index (Phi) is 4.93. The zero-order chi connectivity index (χ0) is 15.4. The molecule has 112 valence electrons. The van der Waals surface area contributed by atoms with Crippen molar-refractivity contribution in [3.05, 3.63) is 44.9 Å².